The first kappa shape index (κ1) is 15.7. The van der Waals surface area contributed by atoms with Crippen molar-refractivity contribution in [3.8, 4) is 6.07 Å². The highest BCUT2D eigenvalue weighted by Gasteiger charge is 2.23. The fraction of sp³-hybridized carbons (Fsp3) is 0.0870. The second-order valence-corrected chi connectivity index (χ2v) is 8.21. The van der Waals surface area contributed by atoms with E-state index in [1.54, 1.807) is 0 Å². The number of nitriles is 1. The van der Waals surface area contributed by atoms with Crippen LogP contribution in [0, 0.1) is 11.3 Å². The molecule has 0 radical (unpaired) electrons. The summed E-state index contributed by atoms with van der Waals surface area (Å²) in [6.45, 7) is 0. The van der Waals surface area contributed by atoms with Gasteiger partial charge in [-0.3, -0.25) is 0 Å². The molecule has 4 aromatic rings. The fourth-order valence-corrected chi connectivity index (χ4v) is 5.30. The average Bonchev–Trinajstić information content (AvgIpc) is 2.66. The molecule has 1 atom stereocenters. The van der Waals surface area contributed by atoms with E-state index in [1.807, 2.05) is 12.1 Å². The van der Waals surface area contributed by atoms with E-state index in [4.69, 9.17) is 5.26 Å². The van der Waals surface area contributed by atoms with E-state index in [0.717, 1.165) is 11.3 Å². The van der Waals surface area contributed by atoms with Gasteiger partial charge in [0.25, 0.3) is 0 Å². The minimum Gasteiger partial charge on any atom is -0.192 e. The third-order valence-corrected chi connectivity index (χ3v) is 6.44. The van der Waals surface area contributed by atoms with Gasteiger partial charge in [0, 0.05) is 27.2 Å². The molecule has 2 heteroatoms. The maximum Gasteiger partial charge on any atom is 0.170 e. The minimum absolute atomic E-state index is 0.0750. The highest BCUT2D eigenvalue weighted by molar-refractivity contribution is 7.95. The molecule has 0 spiro atoms. The Morgan fingerprint density at radius 2 is 1.36 bits per heavy atom. The van der Waals surface area contributed by atoms with Gasteiger partial charge in [0.05, 0.1) is 11.6 Å². The molecule has 0 aliphatic carbocycles. The Morgan fingerprint density at radius 1 is 0.800 bits per heavy atom. The van der Waals surface area contributed by atoms with Crippen LogP contribution >= 0.6 is 0 Å². The monoisotopic (exact) mass is 340 g/mol. The number of hydrogen-bond donors (Lipinski definition) is 0. The lowest BCUT2D eigenvalue weighted by atomic mass is 10.0. The predicted octanol–water partition coefficient (Wildman–Crippen LogP) is 5.67. The van der Waals surface area contributed by atoms with E-state index < -0.39 is 0 Å². The molecule has 25 heavy (non-hydrogen) atoms. The van der Waals surface area contributed by atoms with E-state index in [1.165, 1.54) is 32.0 Å². The maximum absolute atomic E-state index is 8.98. The summed E-state index contributed by atoms with van der Waals surface area (Å²) < 4.78 is 0. The van der Waals surface area contributed by atoms with Crippen LogP contribution in [-0.4, -0.2) is 6.26 Å². The van der Waals surface area contributed by atoms with Crippen molar-refractivity contribution in [3.63, 3.8) is 0 Å². The normalized spacial score (nSPS) is 12.2. The molecule has 0 saturated heterocycles. The quantitative estimate of drug-likeness (QED) is 0.348. The number of benzene rings is 4. The molecule has 4 rings (SSSR count). The van der Waals surface area contributed by atoms with Crippen LogP contribution in [0.1, 0.15) is 11.1 Å². The van der Waals surface area contributed by atoms with Gasteiger partial charge in [-0.05, 0) is 41.1 Å². The van der Waals surface area contributed by atoms with Gasteiger partial charge < -0.3 is 0 Å². The van der Waals surface area contributed by atoms with Crippen molar-refractivity contribution in [1.29, 1.82) is 5.26 Å². The van der Waals surface area contributed by atoms with E-state index in [9.17, 15) is 0 Å². The van der Waals surface area contributed by atoms with Gasteiger partial charge in [-0.25, -0.2) is 0 Å². The smallest absolute Gasteiger partial charge is 0.170 e. The molecule has 0 aromatic heterocycles. The number of rotatable bonds is 3. The fourth-order valence-electron chi connectivity index (χ4n) is 3.35. The van der Waals surface area contributed by atoms with E-state index >= 15 is 0 Å². The Hall–Kier alpha value is -2.76. The number of nitrogens with zero attached hydrogens (tertiary/aromatic N) is 1. The second-order valence-electron chi connectivity index (χ2n) is 6.24. The van der Waals surface area contributed by atoms with E-state index in [0.29, 0.717) is 0 Å². The first-order valence-corrected chi connectivity index (χ1v) is 10.1. The first-order chi connectivity index (χ1) is 12.3. The molecule has 0 N–H and O–H groups in total. The van der Waals surface area contributed by atoms with E-state index in [2.05, 4.69) is 79.1 Å². The van der Waals surface area contributed by atoms with Gasteiger partial charge in [-0.1, -0.05) is 48.5 Å². The molecule has 0 aliphatic heterocycles. The summed E-state index contributed by atoms with van der Waals surface area (Å²) >= 11 is 0. The van der Waals surface area contributed by atoms with Crippen molar-refractivity contribution in [2.24, 2.45) is 0 Å². The standard InChI is InChI=1S/C23H18NS/c1-25(16-18-12-10-17(15-24)11-13-18)23-21-8-4-2-6-19(21)14-20-7-3-5-9-22(20)23/h2-14H,16H2,1H3/q+1. The highest BCUT2D eigenvalue weighted by Crippen LogP contribution is 2.33. The van der Waals surface area contributed by atoms with Crippen molar-refractivity contribution in [2.45, 2.75) is 10.6 Å². The zero-order chi connectivity index (χ0) is 17.2. The summed E-state index contributed by atoms with van der Waals surface area (Å²) in [6, 6.07) is 29.8. The Balaban J connectivity index is 1.83. The highest BCUT2D eigenvalue weighted by atomic mass is 32.2. The lowest BCUT2D eigenvalue weighted by Crippen LogP contribution is -2.05. The molecule has 1 nitrogen and oxygen atoms in total. The van der Waals surface area contributed by atoms with Crippen molar-refractivity contribution >= 4 is 32.4 Å². The third kappa shape index (κ3) is 2.99. The lowest BCUT2D eigenvalue weighted by Gasteiger charge is -2.11. The minimum atomic E-state index is 0.0750. The number of hydrogen-bond acceptors (Lipinski definition) is 1. The third-order valence-electron chi connectivity index (χ3n) is 4.54. The van der Waals surface area contributed by atoms with Crippen LogP contribution in [0.25, 0.3) is 21.5 Å². The van der Waals surface area contributed by atoms with Gasteiger partial charge in [0.2, 0.25) is 0 Å². The Kier molecular flexibility index (Phi) is 4.17. The summed E-state index contributed by atoms with van der Waals surface area (Å²) in [6.07, 6.45) is 2.33. The molecule has 0 heterocycles. The van der Waals surface area contributed by atoms with Crippen LogP contribution in [0.3, 0.4) is 0 Å². The van der Waals surface area contributed by atoms with Gasteiger partial charge in [0.1, 0.15) is 12.0 Å². The SMILES string of the molecule is C[S+](Cc1ccc(C#N)cc1)c1c2ccccc2cc2ccccc12. The Bertz CT molecular complexity index is 1040. The molecular formula is C23H18NS+. The first-order valence-electron chi connectivity index (χ1n) is 8.28. The van der Waals surface area contributed by atoms with Crippen LogP contribution in [0.2, 0.25) is 0 Å². The largest absolute Gasteiger partial charge is 0.192 e. The zero-order valence-electron chi connectivity index (χ0n) is 14.1. The summed E-state index contributed by atoms with van der Waals surface area (Å²) in [4.78, 5) is 1.44. The molecule has 0 fully saturated rings. The van der Waals surface area contributed by atoms with Crippen LogP contribution in [0.5, 0.6) is 0 Å². The van der Waals surface area contributed by atoms with Crippen molar-refractivity contribution < 1.29 is 0 Å². The zero-order valence-corrected chi connectivity index (χ0v) is 14.9. The molecular weight excluding hydrogens is 322 g/mol. The Morgan fingerprint density at radius 3 is 1.92 bits per heavy atom. The molecule has 1 unspecified atom stereocenters. The molecule has 4 aromatic carbocycles. The molecule has 0 aliphatic rings. The van der Waals surface area contributed by atoms with Crippen molar-refractivity contribution in [2.75, 3.05) is 6.26 Å². The lowest BCUT2D eigenvalue weighted by molar-refractivity contribution is 1.37. The second kappa shape index (κ2) is 6.63. The summed E-state index contributed by atoms with van der Waals surface area (Å²) in [5.41, 5.74) is 2.00. The topological polar surface area (TPSA) is 23.8 Å². The van der Waals surface area contributed by atoms with Gasteiger partial charge in [-0.2, -0.15) is 5.26 Å². The van der Waals surface area contributed by atoms with Crippen LogP contribution in [0.4, 0.5) is 0 Å². The van der Waals surface area contributed by atoms with Gasteiger partial charge in [-0.15, -0.1) is 0 Å². The summed E-state index contributed by atoms with van der Waals surface area (Å²) in [5, 5.41) is 14.3. The Labute approximate surface area is 150 Å². The molecule has 0 saturated carbocycles. The number of fused-ring (bicyclic) bond motifs is 2. The van der Waals surface area contributed by atoms with Gasteiger partial charge in [0.15, 0.2) is 4.90 Å². The van der Waals surface area contributed by atoms with E-state index in [-0.39, 0.29) is 10.9 Å². The van der Waals surface area contributed by atoms with Crippen LogP contribution in [0.15, 0.2) is 83.8 Å². The van der Waals surface area contributed by atoms with Crippen LogP contribution in [-0.2, 0) is 16.6 Å². The predicted molar refractivity (Wildman–Crippen MR) is 108 cm³/mol. The van der Waals surface area contributed by atoms with Crippen LogP contribution < -0.4 is 0 Å². The maximum atomic E-state index is 8.98. The summed E-state index contributed by atoms with van der Waals surface area (Å²) in [7, 11) is 0.0750. The average molecular weight is 340 g/mol. The van der Waals surface area contributed by atoms with Crippen molar-refractivity contribution in [1.82, 2.24) is 0 Å². The molecule has 0 amide bonds. The van der Waals surface area contributed by atoms with Crippen molar-refractivity contribution in [3.05, 3.63) is 90.0 Å². The molecule has 0 bridgehead atoms. The summed E-state index contributed by atoms with van der Waals surface area (Å²) in [5.74, 6) is 0.990. The van der Waals surface area contributed by atoms with Gasteiger partial charge >= 0.3 is 0 Å². The molecule has 120 valence electrons.